The number of amides is 1. The third-order valence-corrected chi connectivity index (χ3v) is 4.88. The maximum Gasteiger partial charge on any atom is 0.407 e. The normalized spacial score (nSPS) is 11.6. The van der Waals surface area contributed by atoms with Crippen molar-refractivity contribution in [1.29, 1.82) is 0 Å². The van der Waals surface area contributed by atoms with Crippen molar-refractivity contribution in [3.63, 3.8) is 0 Å². The summed E-state index contributed by atoms with van der Waals surface area (Å²) in [6, 6.07) is 8.14. The standard InChI is InChI=1S/C23H26N6O2/c1-14-8-15(6-7-16(14)10-24-22(30)31-23(2,3)4)20-18-9-19(17-11-27-29(5)12-17)28-21(18)26-13-25-20/h6-9,11-13H,10H2,1-5H3,(H,24,30)(H,25,26,28). The van der Waals surface area contributed by atoms with Crippen LogP contribution in [-0.4, -0.2) is 36.4 Å². The summed E-state index contributed by atoms with van der Waals surface area (Å²) in [5.41, 5.74) is 6.11. The van der Waals surface area contributed by atoms with Crippen molar-refractivity contribution in [2.45, 2.75) is 39.8 Å². The lowest BCUT2D eigenvalue weighted by atomic mass is 10.0. The monoisotopic (exact) mass is 418 g/mol. The van der Waals surface area contributed by atoms with Gasteiger partial charge in [-0.1, -0.05) is 12.1 Å². The molecule has 31 heavy (non-hydrogen) atoms. The number of aryl methyl sites for hydroxylation is 2. The van der Waals surface area contributed by atoms with E-state index in [1.54, 1.807) is 11.0 Å². The van der Waals surface area contributed by atoms with E-state index in [9.17, 15) is 4.79 Å². The smallest absolute Gasteiger partial charge is 0.407 e. The van der Waals surface area contributed by atoms with E-state index in [0.717, 1.165) is 44.7 Å². The zero-order chi connectivity index (χ0) is 22.2. The van der Waals surface area contributed by atoms with Gasteiger partial charge < -0.3 is 15.0 Å². The number of benzene rings is 1. The van der Waals surface area contributed by atoms with E-state index in [0.29, 0.717) is 6.54 Å². The van der Waals surface area contributed by atoms with Gasteiger partial charge in [0.05, 0.1) is 17.6 Å². The number of H-pyrrole nitrogens is 1. The van der Waals surface area contributed by atoms with Gasteiger partial charge in [-0.15, -0.1) is 0 Å². The molecular formula is C23H26N6O2. The highest BCUT2D eigenvalue weighted by atomic mass is 16.6. The first kappa shape index (κ1) is 20.6. The van der Waals surface area contributed by atoms with E-state index in [2.05, 4.69) is 37.5 Å². The lowest BCUT2D eigenvalue weighted by Gasteiger charge is -2.20. The highest BCUT2D eigenvalue weighted by Crippen LogP contribution is 2.30. The molecular weight excluding hydrogens is 392 g/mol. The molecule has 1 aromatic carbocycles. The summed E-state index contributed by atoms with van der Waals surface area (Å²) in [7, 11) is 1.89. The molecule has 0 aliphatic heterocycles. The zero-order valence-corrected chi connectivity index (χ0v) is 18.4. The molecule has 3 heterocycles. The second kappa shape index (κ2) is 7.86. The molecule has 8 nitrogen and oxygen atoms in total. The third kappa shape index (κ3) is 4.58. The van der Waals surface area contributed by atoms with Crippen molar-refractivity contribution in [2.75, 3.05) is 0 Å². The molecule has 160 valence electrons. The fraction of sp³-hybridized carbons (Fsp3) is 0.304. The van der Waals surface area contributed by atoms with E-state index in [4.69, 9.17) is 4.74 Å². The van der Waals surface area contributed by atoms with Gasteiger partial charge in [0.1, 0.15) is 17.6 Å². The Balaban J connectivity index is 1.59. The Morgan fingerprint density at radius 3 is 2.68 bits per heavy atom. The van der Waals surface area contributed by atoms with Crippen LogP contribution in [0.25, 0.3) is 33.5 Å². The van der Waals surface area contributed by atoms with Crippen LogP contribution < -0.4 is 5.32 Å². The second-order valence-corrected chi connectivity index (χ2v) is 8.57. The van der Waals surface area contributed by atoms with Crippen molar-refractivity contribution in [3.8, 4) is 22.5 Å². The fourth-order valence-corrected chi connectivity index (χ4v) is 3.41. The first-order valence-corrected chi connectivity index (χ1v) is 10.1. The number of rotatable bonds is 4. The summed E-state index contributed by atoms with van der Waals surface area (Å²) in [6.07, 6.45) is 4.90. The number of carbonyl (C=O) groups is 1. The number of aromatic nitrogens is 5. The second-order valence-electron chi connectivity index (χ2n) is 8.57. The molecule has 4 rings (SSSR count). The van der Waals surface area contributed by atoms with Crippen LogP contribution in [0.1, 0.15) is 31.9 Å². The number of ether oxygens (including phenoxy) is 1. The van der Waals surface area contributed by atoms with Gasteiger partial charge in [0, 0.05) is 36.3 Å². The molecule has 0 aliphatic rings. The van der Waals surface area contributed by atoms with E-state index in [1.165, 1.54) is 0 Å². The molecule has 0 bridgehead atoms. The first-order chi connectivity index (χ1) is 14.7. The van der Waals surface area contributed by atoms with E-state index < -0.39 is 11.7 Å². The summed E-state index contributed by atoms with van der Waals surface area (Å²) in [5.74, 6) is 0. The largest absolute Gasteiger partial charge is 0.444 e. The van der Waals surface area contributed by atoms with Crippen molar-refractivity contribution in [2.24, 2.45) is 7.05 Å². The first-order valence-electron chi connectivity index (χ1n) is 10.1. The molecule has 0 spiro atoms. The van der Waals surface area contributed by atoms with Gasteiger partial charge in [0.15, 0.2) is 0 Å². The van der Waals surface area contributed by atoms with Crippen molar-refractivity contribution in [3.05, 3.63) is 54.1 Å². The number of nitrogens with zero attached hydrogens (tertiary/aromatic N) is 4. The van der Waals surface area contributed by atoms with Gasteiger partial charge in [-0.25, -0.2) is 14.8 Å². The Morgan fingerprint density at radius 1 is 1.19 bits per heavy atom. The maximum atomic E-state index is 11.9. The van der Waals surface area contributed by atoms with Gasteiger partial charge in [-0.3, -0.25) is 4.68 Å². The van der Waals surface area contributed by atoms with E-state index >= 15 is 0 Å². The van der Waals surface area contributed by atoms with Crippen molar-refractivity contribution < 1.29 is 9.53 Å². The molecule has 0 radical (unpaired) electrons. The van der Waals surface area contributed by atoms with Crippen molar-refractivity contribution >= 4 is 17.1 Å². The number of alkyl carbamates (subject to hydrolysis) is 1. The molecule has 3 aromatic heterocycles. The molecule has 1 amide bonds. The SMILES string of the molecule is Cc1cc(-c2ncnc3[nH]c(-c4cnn(C)c4)cc23)ccc1CNC(=O)OC(C)(C)C. The fourth-order valence-electron chi connectivity index (χ4n) is 3.41. The van der Waals surface area contributed by atoms with Gasteiger partial charge >= 0.3 is 6.09 Å². The molecule has 2 N–H and O–H groups in total. The number of carbonyl (C=O) groups excluding carboxylic acids is 1. The predicted molar refractivity (Wildman–Crippen MR) is 119 cm³/mol. The van der Waals surface area contributed by atoms with E-state index in [-0.39, 0.29) is 0 Å². The number of fused-ring (bicyclic) bond motifs is 1. The minimum absolute atomic E-state index is 0.398. The van der Waals surface area contributed by atoms with Crippen LogP contribution in [0.5, 0.6) is 0 Å². The Morgan fingerprint density at radius 2 is 2.00 bits per heavy atom. The predicted octanol–water partition coefficient (Wildman–Crippen LogP) is 4.36. The molecule has 0 unspecified atom stereocenters. The summed E-state index contributed by atoms with van der Waals surface area (Å²) in [6.45, 7) is 7.95. The molecule has 0 fully saturated rings. The van der Waals surface area contributed by atoms with Gasteiger partial charge in [-0.2, -0.15) is 5.10 Å². The Labute approximate surface area is 180 Å². The van der Waals surface area contributed by atoms with Crippen LogP contribution in [0, 0.1) is 6.92 Å². The van der Waals surface area contributed by atoms with Crippen molar-refractivity contribution in [1.82, 2.24) is 30.0 Å². The number of hydrogen-bond donors (Lipinski definition) is 2. The maximum absolute atomic E-state index is 11.9. The number of aromatic amines is 1. The van der Waals surface area contributed by atoms with Crippen LogP contribution in [0.4, 0.5) is 4.79 Å². The zero-order valence-electron chi connectivity index (χ0n) is 18.4. The van der Waals surface area contributed by atoms with Gasteiger partial charge in [0.25, 0.3) is 0 Å². The molecule has 0 saturated carbocycles. The topological polar surface area (TPSA) is 97.7 Å². The molecule has 0 saturated heterocycles. The number of nitrogens with one attached hydrogen (secondary N) is 2. The molecule has 0 atom stereocenters. The average Bonchev–Trinajstić information content (AvgIpc) is 3.31. The summed E-state index contributed by atoms with van der Waals surface area (Å²) in [4.78, 5) is 24.2. The Kier molecular flexibility index (Phi) is 5.22. The van der Waals surface area contributed by atoms with Crippen LogP contribution >= 0.6 is 0 Å². The molecule has 4 aromatic rings. The summed E-state index contributed by atoms with van der Waals surface area (Å²) in [5, 5.41) is 7.99. The quantitative estimate of drug-likeness (QED) is 0.513. The van der Waals surface area contributed by atoms with E-state index in [1.807, 2.05) is 59.3 Å². The van der Waals surface area contributed by atoms with Gasteiger partial charge in [-0.05, 0) is 51.0 Å². The average molecular weight is 419 g/mol. The highest BCUT2D eigenvalue weighted by molar-refractivity contribution is 5.94. The van der Waals surface area contributed by atoms with Crippen LogP contribution in [0.3, 0.4) is 0 Å². The minimum Gasteiger partial charge on any atom is -0.444 e. The third-order valence-electron chi connectivity index (χ3n) is 4.88. The highest BCUT2D eigenvalue weighted by Gasteiger charge is 2.16. The van der Waals surface area contributed by atoms with Crippen LogP contribution in [-0.2, 0) is 18.3 Å². The Bertz CT molecular complexity index is 1250. The summed E-state index contributed by atoms with van der Waals surface area (Å²) < 4.78 is 7.07. The minimum atomic E-state index is -0.521. The lowest BCUT2D eigenvalue weighted by Crippen LogP contribution is -2.32. The van der Waals surface area contributed by atoms with Crippen LogP contribution in [0.15, 0.2) is 43.0 Å². The summed E-state index contributed by atoms with van der Waals surface area (Å²) >= 11 is 0. The van der Waals surface area contributed by atoms with Crippen LogP contribution in [0.2, 0.25) is 0 Å². The van der Waals surface area contributed by atoms with Gasteiger partial charge in [0.2, 0.25) is 0 Å². The number of hydrogen-bond acceptors (Lipinski definition) is 5. The molecule has 8 heteroatoms. The molecule has 0 aliphatic carbocycles. The lowest BCUT2D eigenvalue weighted by molar-refractivity contribution is 0.0523. The Hall–Kier alpha value is -3.68.